The SMILES string of the molecule is CCOC(=O)CN(CC=CC(=O)Nc1cc2c(Nc3ccc(F)c(Cl)c3)ncnc2cc1OCC1CC1)CCOC(C)=O. The van der Waals surface area contributed by atoms with Crippen LogP contribution in [0.4, 0.5) is 21.6 Å². The normalized spacial score (nSPS) is 12.9. The zero-order valence-electron chi connectivity index (χ0n) is 23.9. The maximum absolute atomic E-state index is 13.7. The average Bonchev–Trinajstić information content (AvgIpc) is 3.79. The van der Waals surface area contributed by atoms with Crippen molar-refractivity contribution in [1.82, 2.24) is 14.9 Å². The molecule has 1 amide bonds. The van der Waals surface area contributed by atoms with Gasteiger partial charge in [0.15, 0.2) is 0 Å². The Hall–Kier alpha value is -4.29. The van der Waals surface area contributed by atoms with Gasteiger partial charge in [-0.3, -0.25) is 19.3 Å². The van der Waals surface area contributed by atoms with E-state index < -0.39 is 23.7 Å². The van der Waals surface area contributed by atoms with E-state index in [0.29, 0.717) is 46.4 Å². The molecule has 0 aliphatic heterocycles. The summed E-state index contributed by atoms with van der Waals surface area (Å²) in [6, 6.07) is 7.68. The Labute approximate surface area is 253 Å². The lowest BCUT2D eigenvalue weighted by atomic mass is 10.1. The minimum absolute atomic E-state index is 0.0278. The molecule has 0 saturated heterocycles. The van der Waals surface area contributed by atoms with E-state index in [9.17, 15) is 18.8 Å². The maximum Gasteiger partial charge on any atom is 0.320 e. The summed E-state index contributed by atoms with van der Waals surface area (Å²) in [5, 5.41) is 6.54. The molecule has 13 heteroatoms. The molecule has 228 valence electrons. The Morgan fingerprint density at radius 2 is 1.98 bits per heavy atom. The smallest absolute Gasteiger partial charge is 0.320 e. The second-order valence-electron chi connectivity index (χ2n) is 9.87. The molecule has 4 rings (SSSR count). The second-order valence-corrected chi connectivity index (χ2v) is 10.3. The predicted octanol–water partition coefficient (Wildman–Crippen LogP) is 4.88. The Morgan fingerprint density at radius 3 is 2.70 bits per heavy atom. The van der Waals surface area contributed by atoms with E-state index in [4.69, 9.17) is 25.8 Å². The first-order chi connectivity index (χ1) is 20.7. The predicted molar refractivity (Wildman–Crippen MR) is 160 cm³/mol. The summed E-state index contributed by atoms with van der Waals surface area (Å²) in [6.45, 7) is 4.35. The number of fused-ring (bicyclic) bond motifs is 1. The molecule has 1 aromatic heterocycles. The van der Waals surface area contributed by atoms with Crippen LogP contribution >= 0.6 is 11.6 Å². The van der Waals surface area contributed by atoms with Gasteiger partial charge in [0.1, 0.15) is 30.3 Å². The topological polar surface area (TPSA) is 132 Å². The lowest BCUT2D eigenvalue weighted by Crippen LogP contribution is -2.34. The van der Waals surface area contributed by atoms with Gasteiger partial charge in [-0.1, -0.05) is 17.7 Å². The van der Waals surface area contributed by atoms with E-state index in [1.54, 1.807) is 30.0 Å². The summed E-state index contributed by atoms with van der Waals surface area (Å²) in [5.41, 5.74) is 1.51. The van der Waals surface area contributed by atoms with Crippen LogP contribution in [-0.2, 0) is 23.9 Å². The van der Waals surface area contributed by atoms with Crippen molar-refractivity contribution in [2.24, 2.45) is 5.92 Å². The van der Waals surface area contributed by atoms with E-state index >= 15 is 0 Å². The van der Waals surface area contributed by atoms with Crippen LogP contribution in [-0.4, -0.2) is 72.2 Å². The molecule has 11 nitrogen and oxygen atoms in total. The molecule has 0 atom stereocenters. The van der Waals surface area contributed by atoms with Crippen molar-refractivity contribution >= 4 is 57.5 Å². The van der Waals surface area contributed by atoms with Crippen LogP contribution in [0.5, 0.6) is 5.75 Å². The van der Waals surface area contributed by atoms with Crippen molar-refractivity contribution in [2.75, 3.05) is 50.1 Å². The number of benzene rings is 2. The zero-order chi connectivity index (χ0) is 30.8. The number of nitrogens with zero attached hydrogens (tertiary/aromatic N) is 3. The molecule has 43 heavy (non-hydrogen) atoms. The van der Waals surface area contributed by atoms with Gasteiger partial charge in [0.25, 0.3) is 0 Å². The Bertz CT molecular complexity index is 1500. The Balaban J connectivity index is 1.51. The van der Waals surface area contributed by atoms with Gasteiger partial charge in [0.05, 0.1) is 36.0 Å². The summed E-state index contributed by atoms with van der Waals surface area (Å²) in [7, 11) is 0. The fourth-order valence-electron chi connectivity index (χ4n) is 4.03. The van der Waals surface area contributed by atoms with Gasteiger partial charge >= 0.3 is 11.9 Å². The highest BCUT2D eigenvalue weighted by Crippen LogP contribution is 2.36. The van der Waals surface area contributed by atoms with E-state index in [1.165, 1.54) is 37.5 Å². The van der Waals surface area contributed by atoms with E-state index in [1.807, 2.05) is 0 Å². The molecule has 1 aliphatic carbocycles. The first-order valence-electron chi connectivity index (χ1n) is 13.8. The molecule has 2 N–H and O–H groups in total. The molecule has 0 bridgehead atoms. The summed E-state index contributed by atoms with van der Waals surface area (Å²) in [4.78, 5) is 46.5. The third-order valence-corrected chi connectivity index (χ3v) is 6.64. The van der Waals surface area contributed by atoms with Crippen LogP contribution in [0.2, 0.25) is 5.02 Å². The number of hydrogen-bond donors (Lipinski definition) is 2. The zero-order valence-corrected chi connectivity index (χ0v) is 24.7. The van der Waals surface area contributed by atoms with Crippen LogP contribution in [0.1, 0.15) is 26.7 Å². The number of halogens is 2. The lowest BCUT2D eigenvalue weighted by Gasteiger charge is -2.19. The first-order valence-corrected chi connectivity index (χ1v) is 14.2. The van der Waals surface area contributed by atoms with Crippen molar-refractivity contribution in [3.05, 3.63) is 59.7 Å². The van der Waals surface area contributed by atoms with E-state index in [0.717, 1.165) is 12.8 Å². The second kappa shape index (κ2) is 15.3. The van der Waals surface area contributed by atoms with Gasteiger partial charge in [0, 0.05) is 43.2 Å². The number of rotatable bonds is 15. The quantitative estimate of drug-likeness (QED) is 0.181. The Kier molecular flexibility index (Phi) is 11.2. The van der Waals surface area contributed by atoms with Gasteiger partial charge in [-0.25, -0.2) is 14.4 Å². The standard InChI is InChI=1S/C30H33ClFN5O6/c1-3-41-29(40)16-37(11-12-42-19(2)38)10-4-5-28(39)36-26-14-22-25(15-27(26)43-17-20-6-7-20)33-18-34-30(22)35-21-8-9-24(32)23(31)13-21/h4-5,8-9,13-15,18,20H,3,6-7,10-12,16-17H2,1-2H3,(H,36,39)(H,33,34,35). The van der Waals surface area contributed by atoms with Crippen LogP contribution in [0.3, 0.4) is 0 Å². The number of aromatic nitrogens is 2. The number of carbonyl (C=O) groups is 3. The summed E-state index contributed by atoms with van der Waals surface area (Å²) < 4.78 is 29.7. The lowest BCUT2D eigenvalue weighted by molar-refractivity contribution is -0.144. The highest BCUT2D eigenvalue weighted by Gasteiger charge is 2.23. The highest BCUT2D eigenvalue weighted by atomic mass is 35.5. The third-order valence-electron chi connectivity index (χ3n) is 6.35. The molecule has 0 spiro atoms. The molecule has 0 radical (unpaired) electrons. The van der Waals surface area contributed by atoms with Crippen molar-refractivity contribution in [3.8, 4) is 5.75 Å². The number of nitrogens with one attached hydrogen (secondary N) is 2. The number of ether oxygens (including phenoxy) is 3. The van der Waals surface area contributed by atoms with Crippen LogP contribution in [0.25, 0.3) is 10.9 Å². The minimum Gasteiger partial charge on any atom is -0.491 e. The molecule has 1 fully saturated rings. The fraction of sp³-hybridized carbons (Fsp3) is 0.367. The van der Waals surface area contributed by atoms with E-state index in [-0.39, 0.29) is 37.9 Å². The monoisotopic (exact) mass is 613 g/mol. The number of anilines is 3. The molecule has 1 aliphatic rings. The maximum atomic E-state index is 13.7. The van der Waals surface area contributed by atoms with Crippen molar-refractivity contribution < 1.29 is 33.0 Å². The van der Waals surface area contributed by atoms with Gasteiger partial charge < -0.3 is 24.8 Å². The van der Waals surface area contributed by atoms with E-state index in [2.05, 4.69) is 20.6 Å². The van der Waals surface area contributed by atoms with Gasteiger partial charge in [-0.05, 0) is 49.9 Å². The Morgan fingerprint density at radius 1 is 1.16 bits per heavy atom. The third kappa shape index (κ3) is 9.90. The highest BCUT2D eigenvalue weighted by molar-refractivity contribution is 6.31. The molecule has 1 saturated carbocycles. The average molecular weight is 614 g/mol. The largest absolute Gasteiger partial charge is 0.491 e. The minimum atomic E-state index is -0.538. The van der Waals surface area contributed by atoms with Crippen molar-refractivity contribution in [1.29, 1.82) is 0 Å². The first kappa shape index (κ1) is 31.6. The summed E-state index contributed by atoms with van der Waals surface area (Å²) >= 11 is 5.94. The number of hydrogen-bond acceptors (Lipinski definition) is 10. The van der Waals surface area contributed by atoms with Crippen molar-refractivity contribution in [2.45, 2.75) is 26.7 Å². The number of carbonyl (C=O) groups excluding carboxylic acids is 3. The number of esters is 2. The summed E-state index contributed by atoms with van der Waals surface area (Å²) in [6.07, 6.45) is 6.52. The molecular formula is C30H33ClFN5O6. The number of amides is 1. The van der Waals surface area contributed by atoms with Gasteiger partial charge in [0.2, 0.25) is 5.91 Å². The summed E-state index contributed by atoms with van der Waals surface area (Å²) in [5.74, 6) is -0.456. The van der Waals surface area contributed by atoms with Crippen LogP contribution in [0.15, 0.2) is 48.8 Å². The van der Waals surface area contributed by atoms with Gasteiger partial charge in [-0.15, -0.1) is 0 Å². The molecule has 3 aromatic rings. The fourth-order valence-corrected chi connectivity index (χ4v) is 4.21. The van der Waals surface area contributed by atoms with Crippen LogP contribution in [0, 0.1) is 11.7 Å². The molecule has 2 aromatic carbocycles. The molecule has 0 unspecified atom stereocenters. The van der Waals surface area contributed by atoms with Gasteiger partial charge in [-0.2, -0.15) is 0 Å². The molecular weight excluding hydrogens is 581 g/mol. The molecule has 1 heterocycles. The van der Waals surface area contributed by atoms with Crippen LogP contribution < -0.4 is 15.4 Å². The van der Waals surface area contributed by atoms with Crippen molar-refractivity contribution in [3.63, 3.8) is 0 Å².